The number of aromatic hydroxyl groups is 1. The number of aliphatic imine (C=N–C) groups is 1. The number of carbonyl (C=O) groups excluding carboxylic acids is 1. The van der Waals surface area contributed by atoms with Crippen LogP contribution in [-0.4, -0.2) is 63.4 Å². The van der Waals surface area contributed by atoms with Crippen LogP contribution in [0.5, 0.6) is 5.75 Å². The number of aromatic nitrogens is 1. The number of aliphatic hydroxyl groups excluding tert-OH is 1. The fourth-order valence-corrected chi connectivity index (χ4v) is 2.68. The van der Waals surface area contributed by atoms with Gasteiger partial charge in [0.25, 0.3) is 0 Å². The molecule has 1 aromatic heterocycles. The summed E-state index contributed by atoms with van der Waals surface area (Å²) in [5.74, 6) is -1.62. The first-order chi connectivity index (χ1) is 11.7. The summed E-state index contributed by atoms with van der Waals surface area (Å²) in [6.07, 6.45) is 3.14. The summed E-state index contributed by atoms with van der Waals surface area (Å²) < 4.78 is 11.6. The number of H-pyrrole nitrogens is 1. The first kappa shape index (κ1) is 19.2. The summed E-state index contributed by atoms with van der Waals surface area (Å²) in [6.45, 7) is 2.49. The van der Waals surface area contributed by atoms with Gasteiger partial charge in [-0.15, -0.1) is 0 Å². The third-order valence-corrected chi connectivity index (χ3v) is 5.16. The van der Waals surface area contributed by atoms with Crippen LogP contribution in [-0.2, 0) is 15.8 Å². The molecule has 9 heteroatoms. The Bertz CT molecular complexity index is 826. The maximum Gasteiger partial charge on any atom is 0.248 e. The van der Waals surface area contributed by atoms with Crippen molar-refractivity contribution in [1.82, 2.24) is 10.0 Å². The standard InChI is InChI=1S/C16H22N3O5P/c1-25(2,24)15(22)9-17-10-19(23)14(21)7-6-11-8-18-12-4-3-5-13(20)16(11)12/h3-5,8-9,15,18,20,22-23H,6-7,10H2,1-2H3/b17-9+. The number of nitrogens with zero attached hydrogens (tertiary/aromatic N) is 2. The van der Waals surface area contributed by atoms with Gasteiger partial charge in [-0.2, -0.15) is 0 Å². The molecule has 1 atom stereocenters. The number of aromatic amines is 1. The lowest BCUT2D eigenvalue weighted by molar-refractivity contribution is -0.164. The Kier molecular flexibility index (Phi) is 6.00. The second kappa shape index (κ2) is 7.82. The number of aryl methyl sites for hydroxylation is 1. The van der Waals surface area contributed by atoms with E-state index < -0.39 is 18.9 Å². The highest BCUT2D eigenvalue weighted by molar-refractivity contribution is 7.63. The summed E-state index contributed by atoms with van der Waals surface area (Å²) in [7, 11) is -2.72. The highest BCUT2D eigenvalue weighted by atomic mass is 31.2. The Morgan fingerprint density at radius 2 is 2.16 bits per heavy atom. The van der Waals surface area contributed by atoms with Gasteiger partial charge in [0.05, 0.1) is 0 Å². The van der Waals surface area contributed by atoms with E-state index in [0.29, 0.717) is 16.9 Å². The van der Waals surface area contributed by atoms with E-state index in [0.717, 1.165) is 17.3 Å². The van der Waals surface area contributed by atoms with Crippen LogP contribution in [0.1, 0.15) is 12.0 Å². The van der Waals surface area contributed by atoms with Crippen molar-refractivity contribution >= 4 is 30.2 Å². The van der Waals surface area contributed by atoms with E-state index >= 15 is 0 Å². The van der Waals surface area contributed by atoms with E-state index in [1.54, 1.807) is 18.3 Å². The lowest BCUT2D eigenvalue weighted by Crippen LogP contribution is -2.28. The fraction of sp³-hybridized carbons (Fsp3) is 0.375. The summed E-state index contributed by atoms with van der Waals surface area (Å²) in [5.41, 5.74) is 1.54. The molecule has 2 rings (SSSR count). The molecule has 0 radical (unpaired) electrons. The second-order valence-corrected chi connectivity index (χ2v) is 9.53. The Morgan fingerprint density at radius 1 is 1.44 bits per heavy atom. The van der Waals surface area contributed by atoms with Gasteiger partial charge in [-0.3, -0.25) is 15.0 Å². The van der Waals surface area contributed by atoms with Crippen molar-refractivity contribution in [2.24, 2.45) is 4.99 Å². The fourth-order valence-electron chi connectivity index (χ4n) is 2.26. The molecule has 0 spiro atoms. The normalized spacial score (nSPS) is 13.4. The molecule has 4 N–H and O–H groups in total. The smallest absolute Gasteiger partial charge is 0.248 e. The minimum Gasteiger partial charge on any atom is -0.507 e. The summed E-state index contributed by atoms with van der Waals surface area (Å²) in [5, 5.41) is 30.3. The minimum atomic E-state index is -2.72. The lowest BCUT2D eigenvalue weighted by Gasteiger charge is -2.13. The van der Waals surface area contributed by atoms with Gasteiger partial charge < -0.3 is 19.8 Å². The topological polar surface area (TPSA) is 126 Å². The van der Waals surface area contributed by atoms with Gasteiger partial charge >= 0.3 is 0 Å². The number of fused-ring (bicyclic) bond motifs is 1. The van der Waals surface area contributed by atoms with E-state index in [4.69, 9.17) is 0 Å². The van der Waals surface area contributed by atoms with Gasteiger partial charge in [-0.25, -0.2) is 5.06 Å². The predicted octanol–water partition coefficient (Wildman–Crippen LogP) is 1.99. The lowest BCUT2D eigenvalue weighted by atomic mass is 10.1. The molecule has 0 aliphatic heterocycles. The third-order valence-electron chi connectivity index (χ3n) is 3.75. The Balaban J connectivity index is 1.91. The molecule has 2 aromatic rings. The molecule has 0 aliphatic rings. The Hall–Kier alpha value is -2.15. The Morgan fingerprint density at radius 3 is 2.84 bits per heavy atom. The summed E-state index contributed by atoms with van der Waals surface area (Å²) >= 11 is 0. The molecule has 1 unspecified atom stereocenters. The van der Waals surface area contributed by atoms with Crippen molar-refractivity contribution in [3.8, 4) is 5.75 Å². The molecule has 0 aliphatic carbocycles. The maximum absolute atomic E-state index is 11.9. The van der Waals surface area contributed by atoms with Crippen LogP contribution in [0.25, 0.3) is 10.9 Å². The number of benzene rings is 1. The van der Waals surface area contributed by atoms with Crippen molar-refractivity contribution in [3.05, 3.63) is 30.0 Å². The number of hydrogen-bond acceptors (Lipinski definition) is 6. The molecule has 25 heavy (non-hydrogen) atoms. The largest absolute Gasteiger partial charge is 0.507 e. The molecule has 1 heterocycles. The SMILES string of the molecule is CP(C)(=O)C(O)/C=N/CN(O)C(=O)CCc1c[nH]c2cccc(O)c12. The summed E-state index contributed by atoms with van der Waals surface area (Å²) in [6, 6.07) is 5.11. The van der Waals surface area contributed by atoms with Crippen LogP contribution in [0.15, 0.2) is 29.4 Å². The first-order valence-electron chi connectivity index (χ1n) is 7.70. The van der Waals surface area contributed by atoms with Crippen LogP contribution in [0, 0.1) is 0 Å². The quantitative estimate of drug-likeness (QED) is 0.258. The predicted molar refractivity (Wildman–Crippen MR) is 95.7 cm³/mol. The number of phenolic OH excluding ortho intramolecular Hbond substituents is 1. The van der Waals surface area contributed by atoms with Crippen molar-refractivity contribution in [2.45, 2.75) is 18.7 Å². The molecule has 0 fully saturated rings. The number of carbonyl (C=O) groups is 1. The average Bonchev–Trinajstić information content (AvgIpc) is 2.96. The molecule has 136 valence electrons. The molecule has 8 nitrogen and oxygen atoms in total. The number of amides is 1. The molecule has 0 saturated carbocycles. The first-order valence-corrected chi connectivity index (χ1v) is 10.4. The van der Waals surface area contributed by atoms with Gasteiger partial charge in [0.2, 0.25) is 5.91 Å². The number of hydrogen-bond donors (Lipinski definition) is 4. The van der Waals surface area contributed by atoms with Gasteiger partial charge in [0.1, 0.15) is 25.4 Å². The van der Waals surface area contributed by atoms with Gasteiger partial charge in [0.15, 0.2) is 0 Å². The molecule has 0 bridgehead atoms. The summed E-state index contributed by atoms with van der Waals surface area (Å²) in [4.78, 5) is 18.7. The average molecular weight is 367 g/mol. The van der Waals surface area contributed by atoms with Crippen LogP contribution >= 0.6 is 7.14 Å². The molecular weight excluding hydrogens is 345 g/mol. The zero-order valence-corrected chi connectivity index (χ0v) is 15.0. The number of hydroxylamine groups is 2. The highest BCUT2D eigenvalue weighted by Gasteiger charge is 2.18. The van der Waals surface area contributed by atoms with Crippen LogP contribution in [0.3, 0.4) is 0 Å². The van der Waals surface area contributed by atoms with Gasteiger partial charge in [-0.05, 0) is 37.4 Å². The van der Waals surface area contributed by atoms with Crippen LogP contribution in [0.4, 0.5) is 0 Å². The zero-order valence-electron chi connectivity index (χ0n) is 14.1. The number of phenols is 1. The second-order valence-electron chi connectivity index (χ2n) is 6.13. The van der Waals surface area contributed by atoms with Gasteiger partial charge in [0, 0.05) is 29.7 Å². The van der Waals surface area contributed by atoms with E-state index in [-0.39, 0.29) is 18.8 Å². The number of aliphatic hydroxyl groups is 1. The van der Waals surface area contributed by atoms with Crippen molar-refractivity contribution in [1.29, 1.82) is 0 Å². The molecule has 1 aromatic carbocycles. The van der Waals surface area contributed by atoms with Crippen LogP contribution in [0.2, 0.25) is 0 Å². The zero-order chi connectivity index (χ0) is 18.6. The molecule has 0 saturated heterocycles. The van der Waals surface area contributed by atoms with Crippen molar-refractivity contribution < 1.29 is 24.8 Å². The molecule has 1 amide bonds. The van der Waals surface area contributed by atoms with Gasteiger partial charge in [-0.1, -0.05) is 6.07 Å². The number of nitrogens with one attached hydrogen (secondary N) is 1. The van der Waals surface area contributed by atoms with E-state index in [9.17, 15) is 24.8 Å². The Labute approximate surface area is 145 Å². The monoisotopic (exact) mass is 367 g/mol. The minimum absolute atomic E-state index is 0.0237. The van der Waals surface area contributed by atoms with Crippen LogP contribution < -0.4 is 0 Å². The van der Waals surface area contributed by atoms with Crippen molar-refractivity contribution in [2.75, 3.05) is 20.0 Å². The molecular formula is C16H22N3O5P. The van der Waals surface area contributed by atoms with E-state index in [1.807, 2.05) is 6.07 Å². The third kappa shape index (κ3) is 4.92. The van der Waals surface area contributed by atoms with E-state index in [2.05, 4.69) is 9.98 Å². The maximum atomic E-state index is 11.9. The number of rotatable bonds is 7. The highest BCUT2D eigenvalue weighted by Crippen LogP contribution is 2.39. The van der Waals surface area contributed by atoms with Crippen molar-refractivity contribution in [3.63, 3.8) is 0 Å². The van der Waals surface area contributed by atoms with E-state index in [1.165, 1.54) is 13.3 Å².